The highest BCUT2D eigenvalue weighted by Crippen LogP contribution is 2.49. The lowest BCUT2D eigenvalue weighted by atomic mass is 10.0. The van der Waals surface area contributed by atoms with Crippen molar-refractivity contribution in [2.45, 2.75) is 0 Å². The van der Waals surface area contributed by atoms with Crippen molar-refractivity contribution in [3.63, 3.8) is 0 Å². The first-order valence-corrected chi connectivity index (χ1v) is 48.0. The van der Waals surface area contributed by atoms with Crippen LogP contribution < -0.4 is 0 Å². The van der Waals surface area contributed by atoms with Crippen LogP contribution in [0.3, 0.4) is 0 Å². The van der Waals surface area contributed by atoms with Gasteiger partial charge in [0.05, 0.1) is 65.9 Å². The van der Waals surface area contributed by atoms with E-state index in [1.54, 1.807) is 0 Å². The van der Waals surface area contributed by atoms with E-state index in [9.17, 15) is 0 Å². The summed E-state index contributed by atoms with van der Waals surface area (Å²) in [6.07, 6.45) is 0. The van der Waals surface area contributed by atoms with Gasteiger partial charge in [-0.15, -0.1) is 11.3 Å². The van der Waals surface area contributed by atoms with E-state index in [0.29, 0.717) is 17.8 Å². The molecular weight excluding hydrogens is 1750 g/mol. The zero-order valence-electron chi connectivity index (χ0n) is 74.8. The number of fused-ring (bicyclic) bond motifs is 35. The van der Waals surface area contributed by atoms with Gasteiger partial charge in [-0.25, -0.2) is 29.9 Å². The quantitative estimate of drug-likeness (QED) is 0.156. The second-order valence-corrected chi connectivity index (χ2v) is 37.6. The van der Waals surface area contributed by atoms with Crippen molar-refractivity contribution in [3.05, 3.63) is 419 Å². The van der Waals surface area contributed by atoms with Gasteiger partial charge in [0.15, 0.2) is 5.58 Å². The van der Waals surface area contributed by atoms with Crippen LogP contribution in [0.5, 0.6) is 0 Å². The topological polar surface area (TPSA) is 158 Å². The molecule has 0 radical (unpaired) electrons. The van der Waals surface area contributed by atoms with Crippen molar-refractivity contribution in [2.75, 3.05) is 0 Å². The lowest BCUT2D eigenvalue weighted by Crippen LogP contribution is -2.03. The molecule has 141 heavy (non-hydrogen) atoms. The Kier molecular flexibility index (Phi) is 16.3. The van der Waals surface area contributed by atoms with Crippen LogP contribution in [0.4, 0.5) is 0 Å². The smallest absolute Gasteiger partial charge is 0.235 e. The maximum atomic E-state index is 6.58. The first kappa shape index (κ1) is 77.3. The number of thiophene rings is 1. The first-order chi connectivity index (χ1) is 69.8. The van der Waals surface area contributed by atoms with E-state index in [1.807, 2.05) is 65.9 Å². The predicted molar refractivity (Wildman–Crippen MR) is 580 cm³/mol. The Morgan fingerprint density at radius 3 is 0.972 bits per heavy atom. The normalized spacial score (nSPS) is 12.3. The van der Waals surface area contributed by atoms with Crippen molar-refractivity contribution in [3.8, 4) is 51.6 Å². The minimum absolute atomic E-state index is 0.591. The largest absolute Gasteiger partial charge is 0.456 e. The van der Waals surface area contributed by atoms with Crippen molar-refractivity contribution in [1.82, 2.24) is 43.6 Å². The minimum Gasteiger partial charge on any atom is -0.456 e. The summed E-state index contributed by atoms with van der Waals surface area (Å²) in [5.41, 5.74) is 23.0. The third-order valence-corrected chi connectivity index (χ3v) is 29.9. The van der Waals surface area contributed by atoms with Crippen molar-refractivity contribution in [1.29, 1.82) is 0 Å². The summed E-state index contributed by atoms with van der Waals surface area (Å²) in [7, 11) is 0. The third kappa shape index (κ3) is 11.8. The Bertz CT molecular complexity index is 10900. The molecule has 12 heterocycles. The number of rotatable bonds is 6. The monoisotopic (exact) mass is 1820 g/mol. The van der Waals surface area contributed by atoms with Gasteiger partial charge in [0, 0.05) is 141 Å². The number of nitrogens with zero attached hydrogens (tertiary/aromatic N) is 9. The standard InChI is InChI=1S/2C42H23N3O2.C42H23N3OS/c1-2-10-25-20-39-32(19-24(25)9-1)29-18-17-26(21-38(29)47-39)41-30-13-3-6-14-34(30)43-42(44-41)45-35-15-7-4-11-27(35)31-22-33-28-12-5-8-16-37(28)46-40(33)23-36(31)45;1-2-10-25-22-38-33(21-24(25)9-1)29-18-17-26(23-37(29)46-38)39-32-13-3-6-14-34(32)43-42(44-39)45-35-15-7-4-11-27(35)30-19-20-31-28-12-5-8-16-36(28)47-41(31)40(30)45;1-2-10-25-22-37-33(21-24(25)9-1)28-18-17-26(23-36(28)46-37)39-32-13-3-6-14-34(32)43-42(44-39)45-35-15-7-4-11-27(35)30-19-20-31-29-12-5-8-16-38(29)47-41(31)40(30)45/h3*1-23H. The van der Waals surface area contributed by atoms with E-state index in [-0.39, 0.29) is 0 Å². The van der Waals surface area contributed by atoms with Crippen LogP contribution in [-0.2, 0) is 0 Å². The summed E-state index contributed by atoms with van der Waals surface area (Å²) in [4.78, 5) is 31.6. The van der Waals surface area contributed by atoms with E-state index in [2.05, 4.69) is 378 Å². The lowest BCUT2D eigenvalue weighted by Gasteiger charge is -2.12. The SMILES string of the molecule is c1ccc2cc3c(cc2c1)oc1cc(-c2nc(-n4c5ccccc5c5cc6c(cc54)oc4ccccc46)nc4ccccc24)ccc13.c1ccc2cc3c(cc2c1)oc1cc(-c2nc(-n4c5ccccc5c5ccc6c7ccccc7oc6c54)nc4ccccc24)ccc13.c1ccc2cc3c(cc2c1)oc1cc(-c2nc(-n4c5ccccc5c5ccc6c7ccccc7sc6c54)nc4ccccc24)ccc13. The van der Waals surface area contributed by atoms with Gasteiger partial charge in [-0.1, -0.05) is 273 Å². The molecule has 21 aromatic carbocycles. The number of benzene rings is 21. The molecular formula is C126H69N9O5S. The van der Waals surface area contributed by atoms with E-state index < -0.39 is 0 Å². The molecule has 33 aromatic rings. The average Bonchev–Trinajstić information content (AvgIpc) is 1.56. The molecule has 0 N–H and O–H groups in total. The molecule has 0 aliphatic rings. The van der Waals surface area contributed by atoms with Crippen molar-refractivity contribution < 1.29 is 22.1 Å². The zero-order chi connectivity index (χ0) is 91.9. The number of aromatic nitrogens is 9. The zero-order valence-corrected chi connectivity index (χ0v) is 75.6. The molecule has 654 valence electrons. The molecule has 0 bridgehead atoms. The Hall–Kier alpha value is -19.0. The predicted octanol–water partition coefficient (Wildman–Crippen LogP) is 34.5. The molecule has 0 saturated heterocycles. The van der Waals surface area contributed by atoms with E-state index in [1.165, 1.54) is 52.5 Å². The van der Waals surface area contributed by atoms with Gasteiger partial charge >= 0.3 is 0 Å². The second kappa shape index (κ2) is 29.8. The van der Waals surface area contributed by atoms with Crippen LogP contribution in [0.2, 0.25) is 0 Å². The van der Waals surface area contributed by atoms with Gasteiger partial charge < -0.3 is 22.1 Å². The summed E-state index contributed by atoms with van der Waals surface area (Å²) in [5, 5.41) is 30.5. The highest BCUT2D eigenvalue weighted by Gasteiger charge is 2.28. The van der Waals surface area contributed by atoms with Crippen molar-refractivity contribution >= 4 is 272 Å². The fourth-order valence-corrected chi connectivity index (χ4v) is 23.5. The van der Waals surface area contributed by atoms with Crippen LogP contribution in [0.1, 0.15) is 0 Å². The number of para-hydroxylation sites is 8. The Labute approximate surface area is 801 Å². The Morgan fingerprint density at radius 2 is 0.489 bits per heavy atom. The summed E-state index contributed by atoms with van der Waals surface area (Å²) in [5.74, 6) is 1.86. The van der Waals surface area contributed by atoms with Crippen LogP contribution in [0, 0.1) is 0 Å². The molecule has 0 aliphatic carbocycles. The molecule has 12 aromatic heterocycles. The lowest BCUT2D eigenvalue weighted by molar-refractivity contribution is 0.669. The van der Waals surface area contributed by atoms with E-state index in [0.717, 1.165) is 242 Å². The van der Waals surface area contributed by atoms with Gasteiger partial charge in [0.1, 0.15) is 55.8 Å². The van der Waals surface area contributed by atoms with Crippen LogP contribution in [-0.4, -0.2) is 43.6 Å². The first-order valence-electron chi connectivity index (χ1n) is 47.2. The summed E-state index contributed by atoms with van der Waals surface area (Å²) in [6, 6.07) is 146. The van der Waals surface area contributed by atoms with Crippen molar-refractivity contribution in [2.24, 2.45) is 0 Å². The molecule has 0 unspecified atom stereocenters. The van der Waals surface area contributed by atoms with Crippen LogP contribution in [0.25, 0.3) is 312 Å². The fourth-order valence-electron chi connectivity index (χ4n) is 22.3. The van der Waals surface area contributed by atoms with Crippen LogP contribution >= 0.6 is 11.3 Å². The summed E-state index contributed by atoms with van der Waals surface area (Å²) < 4.78 is 41.4. The van der Waals surface area contributed by atoms with Gasteiger partial charge in [-0.3, -0.25) is 13.7 Å². The Morgan fingerprint density at radius 1 is 0.177 bits per heavy atom. The molecule has 0 atom stereocenters. The maximum absolute atomic E-state index is 6.58. The number of hydrogen-bond acceptors (Lipinski definition) is 12. The molecule has 0 spiro atoms. The molecule has 33 rings (SSSR count). The second-order valence-electron chi connectivity index (χ2n) is 36.6. The Balaban J connectivity index is 0.0000000972. The van der Waals surface area contributed by atoms with Gasteiger partial charge in [-0.2, -0.15) is 0 Å². The third-order valence-electron chi connectivity index (χ3n) is 28.7. The highest BCUT2D eigenvalue weighted by molar-refractivity contribution is 7.26. The number of furan rings is 5. The minimum atomic E-state index is 0.591. The molecule has 15 heteroatoms. The fraction of sp³-hybridized carbons (Fsp3) is 0. The maximum Gasteiger partial charge on any atom is 0.235 e. The summed E-state index contributed by atoms with van der Waals surface area (Å²) >= 11 is 1.83. The van der Waals surface area contributed by atoms with Crippen LogP contribution in [0.15, 0.2) is 441 Å². The average molecular weight is 1820 g/mol. The van der Waals surface area contributed by atoms with Gasteiger partial charge in [0.25, 0.3) is 0 Å². The molecule has 0 fully saturated rings. The summed E-state index contributed by atoms with van der Waals surface area (Å²) in [6.45, 7) is 0. The van der Waals surface area contributed by atoms with Gasteiger partial charge in [0.2, 0.25) is 17.8 Å². The van der Waals surface area contributed by atoms with E-state index >= 15 is 0 Å². The highest BCUT2D eigenvalue weighted by atomic mass is 32.1. The van der Waals surface area contributed by atoms with Gasteiger partial charge in [-0.05, 0) is 172 Å². The van der Waals surface area contributed by atoms with E-state index in [4.69, 9.17) is 52.0 Å². The molecule has 0 saturated carbocycles. The molecule has 0 amide bonds. The molecule has 14 nitrogen and oxygen atoms in total. The molecule has 0 aliphatic heterocycles. The number of hydrogen-bond donors (Lipinski definition) is 0.